The zero-order valence-corrected chi connectivity index (χ0v) is 11.4. The molecular formula is C10H13F7O4. The molecule has 0 aromatic carbocycles. The fourth-order valence-electron chi connectivity index (χ4n) is 0.763. The van der Waals surface area contributed by atoms with Gasteiger partial charge in [-0.3, -0.25) is 0 Å². The van der Waals surface area contributed by atoms with Crippen molar-refractivity contribution in [2.75, 3.05) is 0 Å². The van der Waals surface area contributed by atoms with E-state index in [0.717, 1.165) is 6.92 Å². The number of halogens is 7. The lowest BCUT2D eigenvalue weighted by molar-refractivity contribution is -0.410. The summed E-state index contributed by atoms with van der Waals surface area (Å²) in [4.78, 5) is 19.6. The van der Waals surface area contributed by atoms with E-state index in [0.29, 0.717) is 0 Å². The van der Waals surface area contributed by atoms with Gasteiger partial charge in [-0.05, 0) is 20.8 Å². The van der Waals surface area contributed by atoms with Gasteiger partial charge in [-0.15, -0.1) is 0 Å². The van der Waals surface area contributed by atoms with Gasteiger partial charge < -0.3 is 4.74 Å². The average molecular weight is 330 g/mol. The summed E-state index contributed by atoms with van der Waals surface area (Å²) in [7, 11) is 0. The van der Waals surface area contributed by atoms with Crippen molar-refractivity contribution in [3.63, 3.8) is 0 Å². The highest BCUT2D eigenvalue weighted by atomic mass is 19.4. The minimum atomic E-state index is -6.62. The summed E-state index contributed by atoms with van der Waals surface area (Å²) in [6.45, 7) is 5.15. The summed E-state index contributed by atoms with van der Waals surface area (Å²) in [6, 6.07) is 0. The van der Waals surface area contributed by atoms with Crippen LogP contribution in [0.3, 0.4) is 0 Å². The van der Waals surface area contributed by atoms with Crippen LogP contribution in [0.1, 0.15) is 27.7 Å². The molecule has 0 rings (SSSR count). The number of hydrogen-bond donors (Lipinski definition) is 0. The van der Waals surface area contributed by atoms with Gasteiger partial charge >= 0.3 is 24.0 Å². The minimum absolute atomic E-state index is 0.797. The molecule has 0 saturated heterocycles. The third kappa shape index (κ3) is 4.99. The lowest BCUT2D eigenvalue weighted by Crippen LogP contribution is -2.57. The monoisotopic (exact) mass is 330 g/mol. The largest absolute Gasteiger partial charge is 0.460 e. The minimum Gasteiger partial charge on any atom is -0.429 e. The molecule has 4 nitrogen and oxygen atoms in total. The molecule has 0 aromatic heterocycles. The van der Waals surface area contributed by atoms with E-state index in [1.165, 1.54) is 20.8 Å². The molecule has 11 heteroatoms. The van der Waals surface area contributed by atoms with Crippen LogP contribution in [0.5, 0.6) is 0 Å². The average Bonchev–Trinajstić information content (AvgIpc) is 2.23. The van der Waals surface area contributed by atoms with Crippen molar-refractivity contribution in [2.45, 2.75) is 57.6 Å². The molecule has 0 aliphatic carbocycles. The molecule has 0 saturated carbocycles. The second kappa shape index (κ2) is 5.95. The molecule has 0 amide bonds. The van der Waals surface area contributed by atoms with Crippen LogP contribution >= 0.6 is 0 Å². The van der Waals surface area contributed by atoms with Crippen LogP contribution in [0, 0.1) is 0 Å². The molecule has 0 heterocycles. The molecule has 126 valence electrons. The quantitative estimate of drug-likeness (QED) is 0.255. The predicted molar refractivity (Wildman–Crippen MR) is 53.4 cm³/mol. The Hall–Kier alpha value is -1.10. The standard InChI is InChI=1S/C10H13F7O4/c1-5(20-21-7(2,3)4)19-6(18)8(11,12)9(13,14)10(15,16)17/h5H,1-4H3. The zero-order chi connectivity index (χ0) is 17.3. The van der Waals surface area contributed by atoms with Crippen molar-refractivity contribution in [3.8, 4) is 0 Å². The number of ether oxygens (including phenoxy) is 1. The Morgan fingerprint density at radius 2 is 1.38 bits per heavy atom. The summed E-state index contributed by atoms with van der Waals surface area (Å²) in [5.74, 6) is -15.8. The van der Waals surface area contributed by atoms with E-state index >= 15 is 0 Å². The van der Waals surface area contributed by atoms with Crippen molar-refractivity contribution < 1.29 is 50.0 Å². The fraction of sp³-hybridized carbons (Fsp3) is 0.900. The summed E-state index contributed by atoms with van der Waals surface area (Å²) in [5, 5.41) is 0. The first-order valence-corrected chi connectivity index (χ1v) is 5.40. The predicted octanol–water partition coefficient (Wildman–Crippen LogP) is 3.46. The van der Waals surface area contributed by atoms with Crippen LogP contribution < -0.4 is 0 Å². The molecule has 0 fully saturated rings. The molecule has 0 aliphatic rings. The summed E-state index contributed by atoms with van der Waals surface area (Å²) >= 11 is 0. The van der Waals surface area contributed by atoms with Gasteiger partial charge in [-0.1, -0.05) is 0 Å². The first-order chi connectivity index (χ1) is 9.02. The SMILES string of the molecule is CC(OOC(C)(C)C)OC(=O)C(F)(F)C(F)(F)C(F)(F)F. The maximum absolute atomic E-state index is 12.9. The van der Waals surface area contributed by atoms with Gasteiger partial charge in [0.05, 0.1) is 5.60 Å². The Bertz CT molecular complexity index is 373. The topological polar surface area (TPSA) is 44.8 Å². The molecule has 0 radical (unpaired) electrons. The van der Waals surface area contributed by atoms with E-state index in [1.54, 1.807) is 0 Å². The van der Waals surface area contributed by atoms with E-state index in [1.807, 2.05) is 0 Å². The van der Waals surface area contributed by atoms with Crippen LogP contribution in [-0.2, 0) is 19.3 Å². The molecular weight excluding hydrogens is 317 g/mol. The Morgan fingerprint density at radius 1 is 0.952 bits per heavy atom. The Balaban J connectivity index is 4.86. The number of carbonyl (C=O) groups is 1. The summed E-state index contributed by atoms with van der Waals surface area (Å²) in [6.07, 6.45) is -8.55. The lowest BCUT2D eigenvalue weighted by atomic mass is 10.1. The molecule has 0 aliphatic heterocycles. The van der Waals surface area contributed by atoms with E-state index in [-0.39, 0.29) is 0 Å². The second-order valence-electron chi connectivity index (χ2n) is 4.91. The van der Waals surface area contributed by atoms with Crippen LogP contribution in [0.4, 0.5) is 30.7 Å². The van der Waals surface area contributed by atoms with Gasteiger partial charge in [-0.2, -0.15) is 35.6 Å². The third-order valence-corrected chi connectivity index (χ3v) is 1.71. The second-order valence-corrected chi connectivity index (χ2v) is 4.91. The van der Waals surface area contributed by atoms with E-state index < -0.39 is 35.9 Å². The summed E-state index contributed by atoms with van der Waals surface area (Å²) in [5.41, 5.74) is -0.959. The van der Waals surface area contributed by atoms with Crippen LogP contribution in [0.15, 0.2) is 0 Å². The summed E-state index contributed by atoms with van der Waals surface area (Å²) < 4.78 is 90.0. The zero-order valence-electron chi connectivity index (χ0n) is 11.4. The Labute approximate surface area is 115 Å². The van der Waals surface area contributed by atoms with E-state index in [4.69, 9.17) is 0 Å². The first-order valence-electron chi connectivity index (χ1n) is 5.40. The van der Waals surface area contributed by atoms with Crippen LogP contribution in [0.2, 0.25) is 0 Å². The van der Waals surface area contributed by atoms with E-state index in [2.05, 4.69) is 14.5 Å². The molecule has 0 bridgehead atoms. The molecule has 21 heavy (non-hydrogen) atoms. The molecule has 0 N–H and O–H groups in total. The van der Waals surface area contributed by atoms with Gasteiger partial charge in [0.2, 0.25) is 6.29 Å². The molecule has 0 spiro atoms. The fourth-order valence-corrected chi connectivity index (χ4v) is 0.763. The first kappa shape index (κ1) is 19.9. The van der Waals surface area contributed by atoms with Gasteiger partial charge in [0, 0.05) is 6.92 Å². The van der Waals surface area contributed by atoms with Crippen molar-refractivity contribution in [2.24, 2.45) is 0 Å². The highest BCUT2D eigenvalue weighted by Crippen LogP contribution is 2.47. The van der Waals surface area contributed by atoms with Crippen LogP contribution in [-0.4, -0.2) is 35.9 Å². The molecule has 0 aromatic rings. The number of esters is 1. The molecule has 1 unspecified atom stereocenters. The highest BCUT2D eigenvalue weighted by Gasteiger charge is 2.77. The number of alkyl halides is 7. The van der Waals surface area contributed by atoms with Crippen molar-refractivity contribution >= 4 is 5.97 Å². The maximum Gasteiger partial charge on any atom is 0.460 e. The van der Waals surface area contributed by atoms with Crippen molar-refractivity contribution in [1.82, 2.24) is 0 Å². The lowest BCUT2D eigenvalue weighted by Gasteiger charge is -2.27. The van der Waals surface area contributed by atoms with Gasteiger partial charge in [0.1, 0.15) is 0 Å². The Kier molecular flexibility index (Phi) is 5.64. The van der Waals surface area contributed by atoms with E-state index in [9.17, 15) is 35.5 Å². The van der Waals surface area contributed by atoms with Gasteiger partial charge in [-0.25, -0.2) is 9.68 Å². The number of rotatable bonds is 5. The Morgan fingerprint density at radius 3 is 1.71 bits per heavy atom. The number of hydrogen-bond acceptors (Lipinski definition) is 4. The third-order valence-electron chi connectivity index (χ3n) is 1.71. The van der Waals surface area contributed by atoms with Gasteiger partial charge in [0.15, 0.2) is 0 Å². The molecule has 1 atom stereocenters. The smallest absolute Gasteiger partial charge is 0.429 e. The van der Waals surface area contributed by atoms with Crippen molar-refractivity contribution in [1.29, 1.82) is 0 Å². The highest BCUT2D eigenvalue weighted by molar-refractivity contribution is 5.79. The van der Waals surface area contributed by atoms with Crippen molar-refractivity contribution in [3.05, 3.63) is 0 Å². The number of carbonyl (C=O) groups excluding carboxylic acids is 1. The maximum atomic E-state index is 12.9. The van der Waals surface area contributed by atoms with Gasteiger partial charge in [0.25, 0.3) is 0 Å². The van der Waals surface area contributed by atoms with Crippen LogP contribution in [0.25, 0.3) is 0 Å². The normalized spacial score (nSPS) is 15.8.